The summed E-state index contributed by atoms with van der Waals surface area (Å²) in [6, 6.07) is 11.7. The Labute approximate surface area is 167 Å². The fourth-order valence-electron chi connectivity index (χ4n) is 2.67. The first-order chi connectivity index (χ1) is 13.1. The van der Waals surface area contributed by atoms with E-state index in [1.165, 1.54) is 35.6 Å². The number of aryl methyl sites for hydroxylation is 2. The van der Waals surface area contributed by atoms with Gasteiger partial charge in [0.1, 0.15) is 12.4 Å². The second kappa shape index (κ2) is 9.21. The van der Waals surface area contributed by atoms with Crippen molar-refractivity contribution in [1.29, 1.82) is 0 Å². The van der Waals surface area contributed by atoms with E-state index < -0.39 is 10.0 Å². The van der Waals surface area contributed by atoms with E-state index in [2.05, 4.69) is 5.32 Å². The van der Waals surface area contributed by atoms with Gasteiger partial charge in [-0.15, -0.1) is 0 Å². The minimum Gasteiger partial charge on any atom is -0.491 e. The van der Waals surface area contributed by atoms with Gasteiger partial charge in [0, 0.05) is 18.7 Å². The zero-order valence-corrected chi connectivity index (χ0v) is 17.8. The molecule has 0 aliphatic rings. The van der Waals surface area contributed by atoms with Gasteiger partial charge in [0.05, 0.1) is 11.4 Å². The first kappa shape index (κ1) is 21.9. The van der Waals surface area contributed by atoms with Gasteiger partial charge in [-0.3, -0.25) is 4.79 Å². The summed E-state index contributed by atoms with van der Waals surface area (Å²) in [5.41, 5.74) is 2.50. The molecule has 28 heavy (non-hydrogen) atoms. The molecule has 1 amide bonds. The average molecular weight is 405 g/mol. The van der Waals surface area contributed by atoms with Crippen LogP contribution in [0.2, 0.25) is 0 Å². The molecule has 0 aromatic heterocycles. The summed E-state index contributed by atoms with van der Waals surface area (Å²) in [4.78, 5) is 12.4. The highest BCUT2D eigenvalue weighted by Gasteiger charge is 2.23. The van der Waals surface area contributed by atoms with Crippen molar-refractivity contribution in [3.8, 4) is 5.75 Å². The number of para-hydroxylation sites is 1. The summed E-state index contributed by atoms with van der Waals surface area (Å²) in [6.45, 7) is 8.27. The molecule has 0 radical (unpaired) electrons. The van der Waals surface area contributed by atoms with Crippen LogP contribution in [0.5, 0.6) is 5.75 Å². The molecule has 0 saturated carbocycles. The molecule has 1 N–H and O–H groups in total. The molecule has 0 bridgehead atoms. The molecule has 2 rings (SSSR count). The van der Waals surface area contributed by atoms with Crippen molar-refractivity contribution in [2.75, 3.05) is 20.2 Å². The van der Waals surface area contributed by atoms with Gasteiger partial charge in [-0.05, 0) is 63.1 Å². The SMILES string of the molecule is Cc1cccc(C)c1OCCNC(=O)c1ccc(S(=O)(=O)N(C)C(C)C)cc1. The van der Waals surface area contributed by atoms with E-state index in [-0.39, 0.29) is 16.8 Å². The number of nitrogens with zero attached hydrogens (tertiary/aromatic N) is 1. The first-order valence-electron chi connectivity index (χ1n) is 9.20. The number of benzene rings is 2. The summed E-state index contributed by atoms with van der Waals surface area (Å²) in [7, 11) is -2.02. The van der Waals surface area contributed by atoms with Crippen LogP contribution in [0, 0.1) is 13.8 Å². The van der Waals surface area contributed by atoms with Gasteiger partial charge < -0.3 is 10.1 Å². The molecule has 7 heteroatoms. The third-order valence-electron chi connectivity index (χ3n) is 4.56. The van der Waals surface area contributed by atoms with Crippen LogP contribution in [0.15, 0.2) is 47.4 Å². The lowest BCUT2D eigenvalue weighted by molar-refractivity contribution is 0.0947. The topological polar surface area (TPSA) is 75.7 Å². The van der Waals surface area contributed by atoms with Crippen molar-refractivity contribution in [3.05, 3.63) is 59.2 Å². The van der Waals surface area contributed by atoms with E-state index in [1.54, 1.807) is 13.8 Å². The van der Waals surface area contributed by atoms with Crippen molar-refractivity contribution in [1.82, 2.24) is 9.62 Å². The molecule has 152 valence electrons. The number of nitrogens with one attached hydrogen (secondary N) is 1. The lowest BCUT2D eigenvalue weighted by Gasteiger charge is -2.21. The highest BCUT2D eigenvalue weighted by Crippen LogP contribution is 2.22. The maximum Gasteiger partial charge on any atom is 0.251 e. The Balaban J connectivity index is 1.93. The second-order valence-corrected chi connectivity index (χ2v) is 8.96. The number of rotatable bonds is 8. The van der Waals surface area contributed by atoms with Crippen LogP contribution in [0.1, 0.15) is 35.3 Å². The van der Waals surface area contributed by atoms with Gasteiger partial charge in [-0.25, -0.2) is 8.42 Å². The normalized spacial score (nSPS) is 11.7. The lowest BCUT2D eigenvalue weighted by Crippen LogP contribution is -2.33. The van der Waals surface area contributed by atoms with Gasteiger partial charge in [0.2, 0.25) is 10.0 Å². The number of hydrogen-bond donors (Lipinski definition) is 1. The fourth-order valence-corrected chi connectivity index (χ4v) is 4.04. The average Bonchev–Trinajstić information content (AvgIpc) is 2.66. The highest BCUT2D eigenvalue weighted by atomic mass is 32.2. The summed E-state index contributed by atoms with van der Waals surface area (Å²) >= 11 is 0. The maximum atomic E-state index is 12.5. The quantitative estimate of drug-likeness (QED) is 0.686. The van der Waals surface area contributed by atoms with Crippen LogP contribution in [-0.2, 0) is 10.0 Å². The standard InChI is InChI=1S/C21H28N2O4S/c1-15(2)23(5)28(25,26)19-11-9-18(10-12-19)21(24)22-13-14-27-20-16(3)7-6-8-17(20)4/h6-12,15H,13-14H2,1-5H3,(H,22,24). The van der Waals surface area contributed by atoms with Crippen LogP contribution in [0.4, 0.5) is 0 Å². The van der Waals surface area contributed by atoms with E-state index >= 15 is 0 Å². The van der Waals surface area contributed by atoms with Crippen LogP contribution in [0.25, 0.3) is 0 Å². The minimum absolute atomic E-state index is 0.148. The van der Waals surface area contributed by atoms with E-state index in [9.17, 15) is 13.2 Å². The predicted octanol–water partition coefficient (Wildman–Crippen LogP) is 3.14. The Hall–Kier alpha value is -2.38. The Bertz CT molecular complexity index is 902. The summed E-state index contributed by atoms with van der Waals surface area (Å²) in [5.74, 6) is 0.562. The monoisotopic (exact) mass is 404 g/mol. The molecule has 0 fully saturated rings. The smallest absolute Gasteiger partial charge is 0.251 e. The Kier molecular flexibility index (Phi) is 7.21. The third kappa shape index (κ3) is 5.11. The lowest BCUT2D eigenvalue weighted by atomic mass is 10.1. The largest absolute Gasteiger partial charge is 0.491 e. The zero-order valence-electron chi connectivity index (χ0n) is 17.0. The van der Waals surface area contributed by atoms with Crippen LogP contribution in [0.3, 0.4) is 0 Å². The summed E-state index contributed by atoms with van der Waals surface area (Å²) < 4.78 is 32.0. The van der Waals surface area contributed by atoms with Crippen LogP contribution >= 0.6 is 0 Å². The van der Waals surface area contributed by atoms with Crippen molar-refractivity contribution in [2.24, 2.45) is 0 Å². The second-order valence-electron chi connectivity index (χ2n) is 6.96. The molecule has 2 aromatic carbocycles. The van der Waals surface area contributed by atoms with Gasteiger partial charge in [0.25, 0.3) is 5.91 Å². The molecule has 6 nitrogen and oxygen atoms in total. The highest BCUT2D eigenvalue weighted by molar-refractivity contribution is 7.89. The maximum absolute atomic E-state index is 12.5. The Morgan fingerprint density at radius 2 is 1.64 bits per heavy atom. The van der Waals surface area contributed by atoms with E-state index in [1.807, 2.05) is 32.0 Å². The van der Waals surface area contributed by atoms with E-state index in [4.69, 9.17) is 4.74 Å². The molecule has 0 aliphatic carbocycles. The van der Waals surface area contributed by atoms with Crippen molar-refractivity contribution in [3.63, 3.8) is 0 Å². The molecule has 0 spiro atoms. The molecular formula is C21H28N2O4S. The number of sulfonamides is 1. The van der Waals surface area contributed by atoms with Crippen LogP contribution in [-0.4, -0.2) is 44.9 Å². The predicted molar refractivity (Wildman–Crippen MR) is 110 cm³/mol. The van der Waals surface area contributed by atoms with Crippen molar-refractivity contribution in [2.45, 2.75) is 38.6 Å². The fraction of sp³-hybridized carbons (Fsp3) is 0.381. The molecule has 2 aromatic rings. The zero-order chi connectivity index (χ0) is 20.9. The van der Waals surface area contributed by atoms with E-state index in [0.717, 1.165) is 16.9 Å². The van der Waals surface area contributed by atoms with Gasteiger partial charge in [0.15, 0.2) is 0 Å². The number of carbonyl (C=O) groups is 1. The number of carbonyl (C=O) groups excluding carboxylic acids is 1. The van der Waals surface area contributed by atoms with E-state index in [0.29, 0.717) is 18.7 Å². The summed E-state index contributed by atoms with van der Waals surface area (Å²) in [5, 5.41) is 2.78. The van der Waals surface area contributed by atoms with Gasteiger partial charge in [-0.1, -0.05) is 18.2 Å². The molecule has 0 saturated heterocycles. The third-order valence-corrected chi connectivity index (χ3v) is 6.61. The molecular weight excluding hydrogens is 376 g/mol. The van der Waals surface area contributed by atoms with Crippen molar-refractivity contribution < 1.29 is 17.9 Å². The molecule has 0 unspecified atom stereocenters. The number of amides is 1. The number of ether oxygens (including phenoxy) is 1. The molecule has 0 aliphatic heterocycles. The Morgan fingerprint density at radius 3 is 2.18 bits per heavy atom. The number of hydrogen-bond acceptors (Lipinski definition) is 4. The van der Waals surface area contributed by atoms with Gasteiger partial charge >= 0.3 is 0 Å². The Morgan fingerprint density at radius 1 is 1.07 bits per heavy atom. The van der Waals surface area contributed by atoms with Crippen LogP contribution < -0.4 is 10.1 Å². The summed E-state index contributed by atoms with van der Waals surface area (Å²) in [6.07, 6.45) is 0. The minimum atomic E-state index is -3.56. The van der Waals surface area contributed by atoms with Gasteiger partial charge in [-0.2, -0.15) is 4.31 Å². The molecule has 0 atom stereocenters. The first-order valence-corrected chi connectivity index (χ1v) is 10.6. The van der Waals surface area contributed by atoms with Crippen molar-refractivity contribution >= 4 is 15.9 Å². The molecule has 0 heterocycles.